The van der Waals surface area contributed by atoms with Gasteiger partial charge in [-0.05, 0) is 43.7 Å². The van der Waals surface area contributed by atoms with Gasteiger partial charge in [-0.3, -0.25) is 9.69 Å². The van der Waals surface area contributed by atoms with Crippen LogP contribution in [0.3, 0.4) is 0 Å². The first-order valence-corrected chi connectivity index (χ1v) is 9.44. The lowest BCUT2D eigenvalue weighted by molar-refractivity contribution is -0.137. The highest BCUT2D eigenvalue weighted by atomic mass is 19.4. The monoisotopic (exact) mass is 420 g/mol. The number of nitrogens with one attached hydrogen (secondary N) is 1. The van der Waals surface area contributed by atoms with Crippen molar-refractivity contribution >= 4 is 5.91 Å². The van der Waals surface area contributed by atoms with Gasteiger partial charge >= 0.3 is 6.18 Å². The number of aromatic nitrogens is 2. The Hall–Kier alpha value is -3.14. The summed E-state index contributed by atoms with van der Waals surface area (Å²) < 4.78 is 49.2. The van der Waals surface area contributed by atoms with E-state index in [2.05, 4.69) is 15.5 Å². The van der Waals surface area contributed by atoms with Gasteiger partial charge in [0.05, 0.1) is 31.0 Å². The van der Waals surface area contributed by atoms with Crippen LogP contribution in [-0.4, -0.2) is 33.5 Å². The fourth-order valence-electron chi connectivity index (χ4n) is 3.46. The van der Waals surface area contributed by atoms with Gasteiger partial charge in [0.1, 0.15) is 5.76 Å². The van der Waals surface area contributed by atoms with E-state index in [0.29, 0.717) is 25.3 Å². The van der Waals surface area contributed by atoms with Gasteiger partial charge in [-0.25, -0.2) is 0 Å². The quantitative estimate of drug-likeness (QED) is 0.656. The first-order valence-electron chi connectivity index (χ1n) is 9.44. The third-order valence-electron chi connectivity index (χ3n) is 4.94. The normalized spacial score (nSPS) is 17.4. The summed E-state index contributed by atoms with van der Waals surface area (Å²) in [5, 5.41) is 6.65. The maximum Gasteiger partial charge on any atom is 0.416 e. The first kappa shape index (κ1) is 20.1. The number of amides is 1. The van der Waals surface area contributed by atoms with Crippen LogP contribution in [0.2, 0.25) is 0 Å². The molecule has 3 aromatic rings. The number of hydrogen-bond acceptors (Lipinski definition) is 6. The highest BCUT2D eigenvalue weighted by Gasteiger charge is 2.33. The van der Waals surface area contributed by atoms with Crippen LogP contribution in [0.4, 0.5) is 13.2 Å². The van der Waals surface area contributed by atoms with Crippen LogP contribution >= 0.6 is 0 Å². The second kappa shape index (κ2) is 8.31. The van der Waals surface area contributed by atoms with Crippen molar-refractivity contribution in [3.8, 4) is 11.4 Å². The Kier molecular flexibility index (Phi) is 5.58. The Morgan fingerprint density at radius 2 is 2.13 bits per heavy atom. The average molecular weight is 420 g/mol. The molecule has 0 bridgehead atoms. The van der Waals surface area contributed by atoms with Crippen molar-refractivity contribution in [3.63, 3.8) is 0 Å². The molecule has 158 valence electrons. The third-order valence-corrected chi connectivity index (χ3v) is 4.94. The van der Waals surface area contributed by atoms with E-state index in [0.717, 1.165) is 18.6 Å². The predicted octanol–water partition coefficient (Wildman–Crippen LogP) is 3.63. The Labute approximate surface area is 169 Å². The van der Waals surface area contributed by atoms with Crippen molar-refractivity contribution in [2.45, 2.75) is 38.1 Å². The van der Waals surface area contributed by atoms with Gasteiger partial charge in [-0.1, -0.05) is 17.3 Å². The van der Waals surface area contributed by atoms with Gasteiger partial charge in [0, 0.05) is 5.56 Å². The zero-order valence-electron chi connectivity index (χ0n) is 15.9. The van der Waals surface area contributed by atoms with Crippen molar-refractivity contribution < 1.29 is 26.9 Å². The minimum absolute atomic E-state index is 0.0779. The number of likely N-dealkylation sites (tertiary alicyclic amines) is 1. The molecule has 1 unspecified atom stereocenters. The predicted molar refractivity (Wildman–Crippen MR) is 98.7 cm³/mol. The molecule has 1 N–H and O–H groups in total. The molecule has 7 nitrogen and oxygen atoms in total. The number of carbonyl (C=O) groups excluding carboxylic acids is 1. The second-order valence-electron chi connectivity index (χ2n) is 7.02. The average Bonchev–Trinajstić information content (AvgIpc) is 3.48. The lowest BCUT2D eigenvalue weighted by atomic mass is 10.1. The molecule has 4 rings (SSSR count). The summed E-state index contributed by atoms with van der Waals surface area (Å²) in [6.07, 6.45) is -1.37. The standard InChI is InChI=1S/C20H19F3N4O3/c21-20(22,23)14-5-1-4-13(10-14)18-25-17(30-26-18)12-27-8-2-7-16(27)19(28)24-11-15-6-3-9-29-15/h1,3-6,9-10,16H,2,7-8,11-12H2,(H,24,28). The summed E-state index contributed by atoms with van der Waals surface area (Å²) >= 11 is 0. The summed E-state index contributed by atoms with van der Waals surface area (Å²) in [5.74, 6) is 0.860. The summed E-state index contributed by atoms with van der Waals surface area (Å²) in [4.78, 5) is 18.7. The number of hydrogen-bond donors (Lipinski definition) is 1. The molecule has 0 aliphatic carbocycles. The molecule has 3 heterocycles. The molecule has 1 aromatic carbocycles. The summed E-state index contributed by atoms with van der Waals surface area (Å²) in [5.41, 5.74) is -0.562. The smallest absolute Gasteiger partial charge is 0.416 e. The van der Waals surface area contributed by atoms with E-state index in [1.165, 1.54) is 12.1 Å². The summed E-state index contributed by atoms with van der Waals surface area (Å²) in [6.45, 7) is 1.22. The van der Waals surface area contributed by atoms with E-state index in [9.17, 15) is 18.0 Å². The van der Waals surface area contributed by atoms with Gasteiger partial charge < -0.3 is 14.3 Å². The topological polar surface area (TPSA) is 84.4 Å². The van der Waals surface area contributed by atoms with Gasteiger partial charge in [-0.2, -0.15) is 18.2 Å². The molecular formula is C20H19F3N4O3. The van der Waals surface area contributed by atoms with Crippen LogP contribution in [0.25, 0.3) is 11.4 Å². The molecule has 10 heteroatoms. The van der Waals surface area contributed by atoms with Crippen molar-refractivity contribution in [3.05, 3.63) is 59.9 Å². The number of furan rings is 1. The number of nitrogens with zero attached hydrogens (tertiary/aromatic N) is 3. The zero-order valence-corrected chi connectivity index (χ0v) is 15.9. The van der Waals surface area contributed by atoms with E-state index >= 15 is 0 Å². The molecule has 1 atom stereocenters. The van der Waals surface area contributed by atoms with Crippen LogP contribution < -0.4 is 5.32 Å². The molecule has 1 fully saturated rings. The van der Waals surface area contributed by atoms with E-state index in [4.69, 9.17) is 8.94 Å². The molecule has 1 saturated heterocycles. The van der Waals surface area contributed by atoms with E-state index in [-0.39, 0.29) is 35.8 Å². The number of halogens is 3. The Morgan fingerprint density at radius 1 is 1.27 bits per heavy atom. The number of carbonyl (C=O) groups is 1. The van der Waals surface area contributed by atoms with Gasteiger partial charge in [0.15, 0.2) is 0 Å². The van der Waals surface area contributed by atoms with Crippen LogP contribution in [0.15, 0.2) is 51.6 Å². The van der Waals surface area contributed by atoms with Gasteiger partial charge in [0.25, 0.3) is 0 Å². The fourth-order valence-corrected chi connectivity index (χ4v) is 3.46. The Morgan fingerprint density at radius 3 is 2.90 bits per heavy atom. The molecule has 0 radical (unpaired) electrons. The maximum atomic E-state index is 12.9. The van der Waals surface area contributed by atoms with Gasteiger partial charge in [-0.15, -0.1) is 0 Å². The lowest BCUT2D eigenvalue weighted by Crippen LogP contribution is -2.42. The van der Waals surface area contributed by atoms with E-state index in [1.54, 1.807) is 18.4 Å². The minimum atomic E-state index is -4.45. The van der Waals surface area contributed by atoms with Gasteiger partial charge in [0.2, 0.25) is 17.6 Å². The number of benzene rings is 1. The van der Waals surface area contributed by atoms with E-state index < -0.39 is 11.7 Å². The molecule has 1 aliphatic heterocycles. The molecule has 2 aromatic heterocycles. The van der Waals surface area contributed by atoms with Crippen molar-refractivity contribution in [2.75, 3.05) is 6.54 Å². The second-order valence-corrected chi connectivity index (χ2v) is 7.02. The molecule has 0 saturated carbocycles. The van der Waals surface area contributed by atoms with Crippen LogP contribution in [0.1, 0.15) is 30.1 Å². The third kappa shape index (κ3) is 4.54. The molecule has 1 aliphatic rings. The minimum Gasteiger partial charge on any atom is -0.467 e. The maximum absolute atomic E-state index is 12.9. The van der Waals surface area contributed by atoms with Crippen LogP contribution in [0, 0.1) is 0 Å². The van der Waals surface area contributed by atoms with Crippen LogP contribution in [0.5, 0.6) is 0 Å². The molecule has 0 spiro atoms. The first-order chi connectivity index (χ1) is 14.4. The molecule has 30 heavy (non-hydrogen) atoms. The highest BCUT2D eigenvalue weighted by molar-refractivity contribution is 5.81. The van der Waals surface area contributed by atoms with Crippen molar-refractivity contribution in [2.24, 2.45) is 0 Å². The number of alkyl halides is 3. The number of rotatable bonds is 6. The zero-order chi connectivity index (χ0) is 21.1. The van der Waals surface area contributed by atoms with Crippen LogP contribution in [-0.2, 0) is 24.1 Å². The lowest BCUT2D eigenvalue weighted by Gasteiger charge is -2.21. The Balaban J connectivity index is 1.41. The van der Waals surface area contributed by atoms with Crippen molar-refractivity contribution in [1.82, 2.24) is 20.4 Å². The van der Waals surface area contributed by atoms with E-state index in [1.807, 2.05) is 4.90 Å². The summed E-state index contributed by atoms with van der Waals surface area (Å²) in [7, 11) is 0. The highest BCUT2D eigenvalue weighted by Crippen LogP contribution is 2.31. The SMILES string of the molecule is O=C(NCc1ccco1)C1CCCN1Cc1nc(-c2cccc(C(F)(F)F)c2)no1. The Bertz CT molecular complexity index is 1000. The molecule has 1 amide bonds. The molecular weight excluding hydrogens is 401 g/mol. The fraction of sp³-hybridized carbons (Fsp3) is 0.350. The van der Waals surface area contributed by atoms with Crippen molar-refractivity contribution in [1.29, 1.82) is 0 Å². The summed E-state index contributed by atoms with van der Waals surface area (Å²) in [6, 6.07) is 7.94. The largest absolute Gasteiger partial charge is 0.467 e.